The van der Waals surface area contributed by atoms with Crippen LogP contribution in [0.25, 0.3) is 0 Å². The number of hydrogen-bond acceptors (Lipinski definition) is 1. The highest BCUT2D eigenvalue weighted by molar-refractivity contribution is 4.82. The van der Waals surface area contributed by atoms with Crippen LogP contribution in [0.2, 0.25) is 0 Å². The summed E-state index contributed by atoms with van der Waals surface area (Å²) in [6, 6.07) is 0. The van der Waals surface area contributed by atoms with Crippen molar-refractivity contribution < 1.29 is 9.84 Å². The minimum Gasteiger partial charge on any atom is -0.347 e. The standard InChI is InChI=1S/C11H19O2/c12-11(8-4-5-9-13-11)10-6-2-1-3-7-10/h10H,1-9H2. The Bertz CT molecular complexity index is 155. The molecule has 1 aliphatic heterocycles. The molecular formula is C11H19O2. The third-order valence-electron chi connectivity index (χ3n) is 3.49. The highest BCUT2D eigenvalue weighted by atomic mass is 16.6. The SMILES string of the molecule is [O]C1(C2CCCCC2)CCCCO1. The van der Waals surface area contributed by atoms with E-state index in [2.05, 4.69) is 0 Å². The van der Waals surface area contributed by atoms with Crippen LogP contribution in [-0.4, -0.2) is 12.4 Å². The Labute approximate surface area is 80.3 Å². The molecular weight excluding hydrogens is 164 g/mol. The second kappa shape index (κ2) is 3.97. The van der Waals surface area contributed by atoms with E-state index in [1.54, 1.807) is 0 Å². The topological polar surface area (TPSA) is 29.1 Å². The number of rotatable bonds is 1. The lowest BCUT2D eigenvalue weighted by atomic mass is 9.80. The Morgan fingerprint density at radius 3 is 2.38 bits per heavy atom. The monoisotopic (exact) mass is 183 g/mol. The predicted molar refractivity (Wildman–Crippen MR) is 49.8 cm³/mol. The van der Waals surface area contributed by atoms with Crippen LogP contribution in [0.1, 0.15) is 51.4 Å². The molecule has 0 bridgehead atoms. The Morgan fingerprint density at radius 2 is 1.77 bits per heavy atom. The molecule has 0 aromatic rings. The quantitative estimate of drug-likeness (QED) is 0.614. The van der Waals surface area contributed by atoms with E-state index < -0.39 is 5.79 Å². The van der Waals surface area contributed by atoms with Crippen molar-refractivity contribution >= 4 is 0 Å². The Hall–Kier alpha value is -0.0800. The zero-order valence-corrected chi connectivity index (χ0v) is 8.26. The molecule has 1 unspecified atom stereocenters. The van der Waals surface area contributed by atoms with E-state index in [-0.39, 0.29) is 0 Å². The van der Waals surface area contributed by atoms with Gasteiger partial charge in [0.2, 0.25) is 5.79 Å². The van der Waals surface area contributed by atoms with Gasteiger partial charge in [-0.1, -0.05) is 19.3 Å². The fraction of sp³-hybridized carbons (Fsp3) is 1.00. The molecule has 0 spiro atoms. The largest absolute Gasteiger partial charge is 0.347 e. The van der Waals surface area contributed by atoms with Crippen molar-refractivity contribution in [1.29, 1.82) is 0 Å². The molecule has 0 aromatic carbocycles. The van der Waals surface area contributed by atoms with Gasteiger partial charge in [-0.3, -0.25) is 0 Å². The van der Waals surface area contributed by atoms with Crippen LogP contribution in [-0.2, 0) is 9.84 Å². The van der Waals surface area contributed by atoms with Crippen LogP contribution in [0, 0.1) is 5.92 Å². The van der Waals surface area contributed by atoms with Gasteiger partial charge in [-0.05, 0) is 25.7 Å². The van der Waals surface area contributed by atoms with Gasteiger partial charge in [-0.25, -0.2) is 0 Å². The van der Waals surface area contributed by atoms with Gasteiger partial charge in [0.15, 0.2) is 0 Å². The molecule has 2 aliphatic rings. The van der Waals surface area contributed by atoms with Gasteiger partial charge in [0, 0.05) is 12.3 Å². The van der Waals surface area contributed by atoms with E-state index in [1.807, 2.05) is 0 Å². The van der Waals surface area contributed by atoms with Crippen LogP contribution in [0.4, 0.5) is 0 Å². The zero-order chi connectivity index (χ0) is 9.15. The maximum absolute atomic E-state index is 12.3. The van der Waals surface area contributed by atoms with Crippen molar-refractivity contribution in [1.82, 2.24) is 0 Å². The minimum absolute atomic E-state index is 0.307. The number of hydrogen-bond donors (Lipinski definition) is 0. The summed E-state index contributed by atoms with van der Waals surface area (Å²) in [7, 11) is 0. The molecule has 1 saturated heterocycles. The van der Waals surface area contributed by atoms with E-state index in [4.69, 9.17) is 4.74 Å². The first-order valence-electron chi connectivity index (χ1n) is 5.66. The summed E-state index contributed by atoms with van der Waals surface area (Å²) < 4.78 is 5.45. The summed E-state index contributed by atoms with van der Waals surface area (Å²) in [5.41, 5.74) is 0. The van der Waals surface area contributed by atoms with Crippen LogP contribution < -0.4 is 0 Å². The molecule has 0 N–H and O–H groups in total. The summed E-state index contributed by atoms with van der Waals surface area (Å²) in [6.07, 6.45) is 8.88. The van der Waals surface area contributed by atoms with E-state index in [0.29, 0.717) is 12.5 Å². The highest BCUT2D eigenvalue weighted by Gasteiger charge is 2.41. The molecule has 2 fully saturated rings. The molecule has 1 radical (unpaired) electrons. The fourth-order valence-electron chi connectivity index (χ4n) is 2.65. The molecule has 0 amide bonds. The average molecular weight is 183 g/mol. The van der Waals surface area contributed by atoms with Crippen LogP contribution in [0.5, 0.6) is 0 Å². The van der Waals surface area contributed by atoms with Crippen LogP contribution in [0.3, 0.4) is 0 Å². The van der Waals surface area contributed by atoms with Crippen molar-refractivity contribution in [3.05, 3.63) is 0 Å². The summed E-state index contributed by atoms with van der Waals surface area (Å²) >= 11 is 0. The second-order valence-electron chi connectivity index (χ2n) is 4.45. The minimum atomic E-state index is -1.00. The van der Waals surface area contributed by atoms with Gasteiger partial charge in [0.05, 0.1) is 6.61 Å². The lowest BCUT2D eigenvalue weighted by molar-refractivity contribution is -0.293. The Kier molecular flexibility index (Phi) is 2.89. The first kappa shape index (κ1) is 9.47. The Balaban J connectivity index is 1.94. The molecule has 1 atom stereocenters. The van der Waals surface area contributed by atoms with Crippen LogP contribution in [0.15, 0.2) is 0 Å². The number of ether oxygens (including phenoxy) is 1. The van der Waals surface area contributed by atoms with Crippen molar-refractivity contribution in [3.63, 3.8) is 0 Å². The average Bonchev–Trinajstić information content (AvgIpc) is 2.20. The predicted octanol–water partition coefficient (Wildman–Crippen LogP) is 2.89. The first-order valence-corrected chi connectivity index (χ1v) is 5.66. The maximum Gasteiger partial charge on any atom is 0.204 e. The van der Waals surface area contributed by atoms with Gasteiger partial charge in [-0.2, -0.15) is 5.11 Å². The Morgan fingerprint density at radius 1 is 1.00 bits per heavy atom. The lowest BCUT2D eigenvalue weighted by Gasteiger charge is -2.38. The molecule has 0 aromatic heterocycles. The third kappa shape index (κ3) is 2.05. The molecule has 75 valence electrons. The molecule has 1 saturated carbocycles. The normalized spacial score (nSPS) is 37.6. The summed E-state index contributed by atoms with van der Waals surface area (Å²) in [5, 5.41) is 12.3. The van der Waals surface area contributed by atoms with Gasteiger partial charge in [0.1, 0.15) is 0 Å². The van der Waals surface area contributed by atoms with Gasteiger partial charge >= 0.3 is 0 Å². The molecule has 2 rings (SSSR count). The molecule has 2 heteroatoms. The van der Waals surface area contributed by atoms with E-state index >= 15 is 0 Å². The van der Waals surface area contributed by atoms with Crippen molar-refractivity contribution in [3.8, 4) is 0 Å². The maximum atomic E-state index is 12.3. The van der Waals surface area contributed by atoms with E-state index in [1.165, 1.54) is 19.3 Å². The van der Waals surface area contributed by atoms with Crippen molar-refractivity contribution in [2.24, 2.45) is 5.92 Å². The highest BCUT2D eigenvalue weighted by Crippen LogP contribution is 2.38. The molecule has 13 heavy (non-hydrogen) atoms. The van der Waals surface area contributed by atoms with Crippen LogP contribution >= 0.6 is 0 Å². The fourth-order valence-corrected chi connectivity index (χ4v) is 2.65. The van der Waals surface area contributed by atoms with E-state index in [9.17, 15) is 5.11 Å². The van der Waals surface area contributed by atoms with Gasteiger partial charge < -0.3 is 4.74 Å². The van der Waals surface area contributed by atoms with Gasteiger partial charge in [0.25, 0.3) is 0 Å². The summed E-state index contributed by atoms with van der Waals surface area (Å²) in [6.45, 7) is 0.694. The van der Waals surface area contributed by atoms with Gasteiger partial charge in [-0.15, -0.1) is 0 Å². The third-order valence-corrected chi connectivity index (χ3v) is 3.49. The summed E-state index contributed by atoms with van der Waals surface area (Å²) in [5.74, 6) is -0.694. The van der Waals surface area contributed by atoms with Crippen molar-refractivity contribution in [2.75, 3.05) is 6.61 Å². The molecule has 1 heterocycles. The van der Waals surface area contributed by atoms with E-state index in [0.717, 1.165) is 32.1 Å². The smallest absolute Gasteiger partial charge is 0.204 e. The first-order chi connectivity index (χ1) is 6.31. The van der Waals surface area contributed by atoms with Crippen molar-refractivity contribution in [2.45, 2.75) is 57.2 Å². The molecule has 1 aliphatic carbocycles. The zero-order valence-electron chi connectivity index (χ0n) is 8.26. The lowest BCUT2D eigenvalue weighted by Crippen LogP contribution is -2.43. The summed E-state index contributed by atoms with van der Waals surface area (Å²) in [4.78, 5) is 0. The molecule has 2 nitrogen and oxygen atoms in total. The second-order valence-corrected chi connectivity index (χ2v) is 4.45.